The average Bonchev–Trinajstić information content (AvgIpc) is 2.96. The van der Waals surface area contributed by atoms with Gasteiger partial charge in [0.25, 0.3) is 5.91 Å². The average molecular weight is 333 g/mol. The van der Waals surface area contributed by atoms with Crippen molar-refractivity contribution >= 4 is 22.8 Å². The van der Waals surface area contributed by atoms with Gasteiger partial charge in [0.1, 0.15) is 5.69 Å². The van der Waals surface area contributed by atoms with E-state index < -0.39 is 11.9 Å². The molecule has 1 amide bonds. The first-order valence-corrected chi connectivity index (χ1v) is 7.58. The number of fused-ring (bicyclic) bond motifs is 1. The zero-order valence-corrected chi connectivity index (χ0v) is 13.3. The lowest BCUT2D eigenvalue weighted by Crippen LogP contribution is -2.25. The molecule has 6 heteroatoms. The zero-order valence-electron chi connectivity index (χ0n) is 13.3. The Morgan fingerprint density at radius 3 is 2.60 bits per heavy atom. The van der Waals surface area contributed by atoms with Crippen LogP contribution in [0.2, 0.25) is 0 Å². The highest BCUT2D eigenvalue weighted by Crippen LogP contribution is 2.26. The number of carboxylic acid groups (broad SMARTS) is 1. The molecule has 6 nitrogen and oxygen atoms in total. The summed E-state index contributed by atoms with van der Waals surface area (Å²) in [7, 11) is 0. The molecule has 0 saturated carbocycles. The predicted molar refractivity (Wildman–Crippen MR) is 93.1 cm³/mol. The molecule has 0 aliphatic heterocycles. The van der Waals surface area contributed by atoms with E-state index in [0.29, 0.717) is 10.9 Å². The smallest absolute Gasteiger partial charge is 0.353 e. The van der Waals surface area contributed by atoms with E-state index in [9.17, 15) is 14.7 Å². The monoisotopic (exact) mass is 333 g/mol. The Balaban J connectivity index is 2.05. The van der Waals surface area contributed by atoms with Crippen molar-refractivity contribution in [2.75, 3.05) is 0 Å². The highest BCUT2D eigenvalue weighted by molar-refractivity contribution is 6.14. The molecule has 3 rings (SSSR count). The van der Waals surface area contributed by atoms with Crippen LogP contribution in [0.15, 0.2) is 48.8 Å². The predicted octanol–water partition coefficient (Wildman–Crippen LogP) is 2.30. The lowest BCUT2D eigenvalue weighted by Gasteiger charge is -2.07. The van der Waals surface area contributed by atoms with Gasteiger partial charge in [0.2, 0.25) is 0 Å². The molecular weight excluding hydrogens is 318 g/mol. The molecule has 1 aromatic carbocycles. The summed E-state index contributed by atoms with van der Waals surface area (Å²) in [6.07, 6.45) is 8.63. The minimum atomic E-state index is -1.19. The van der Waals surface area contributed by atoms with Gasteiger partial charge in [-0.2, -0.15) is 0 Å². The SMILES string of the molecule is C#CCn1c(C(=O)O)c(C(=O)NCc2ccncc2)c2ccccc21. The molecule has 0 spiro atoms. The number of aromatic nitrogens is 2. The van der Waals surface area contributed by atoms with Gasteiger partial charge in [0, 0.05) is 24.3 Å². The van der Waals surface area contributed by atoms with E-state index in [1.165, 1.54) is 4.57 Å². The van der Waals surface area contributed by atoms with Gasteiger partial charge in [-0.3, -0.25) is 9.78 Å². The Bertz CT molecular complexity index is 984. The van der Waals surface area contributed by atoms with Gasteiger partial charge in [-0.05, 0) is 23.8 Å². The Kier molecular flexibility index (Phi) is 4.48. The number of carbonyl (C=O) groups excluding carboxylic acids is 1. The first kappa shape index (κ1) is 16.3. The lowest BCUT2D eigenvalue weighted by molar-refractivity contribution is 0.0680. The summed E-state index contributed by atoms with van der Waals surface area (Å²) in [6.45, 7) is 0.342. The molecule has 2 heterocycles. The molecule has 0 radical (unpaired) electrons. The normalized spacial score (nSPS) is 10.4. The highest BCUT2D eigenvalue weighted by atomic mass is 16.4. The standard InChI is InChI=1S/C19H15N3O3/c1-2-11-22-15-6-4-3-5-14(15)16(17(22)19(24)25)18(23)21-12-13-7-9-20-10-8-13/h1,3-10H,11-12H2,(H,21,23)(H,24,25). The number of hydrogen-bond donors (Lipinski definition) is 2. The second-order valence-corrected chi connectivity index (χ2v) is 5.37. The molecule has 2 aromatic heterocycles. The number of amides is 1. The number of para-hydroxylation sites is 1. The topological polar surface area (TPSA) is 84.2 Å². The van der Waals surface area contributed by atoms with Crippen LogP contribution < -0.4 is 5.32 Å². The number of pyridine rings is 1. The van der Waals surface area contributed by atoms with Crippen molar-refractivity contribution in [2.45, 2.75) is 13.1 Å². The van der Waals surface area contributed by atoms with Crippen molar-refractivity contribution in [1.29, 1.82) is 0 Å². The van der Waals surface area contributed by atoms with E-state index in [4.69, 9.17) is 6.42 Å². The first-order chi connectivity index (χ1) is 12.1. The first-order valence-electron chi connectivity index (χ1n) is 7.58. The van der Waals surface area contributed by atoms with Crippen molar-refractivity contribution in [3.63, 3.8) is 0 Å². The molecule has 124 valence electrons. The van der Waals surface area contributed by atoms with E-state index >= 15 is 0 Å². The third-order valence-electron chi connectivity index (χ3n) is 3.85. The van der Waals surface area contributed by atoms with Crippen molar-refractivity contribution in [3.05, 3.63) is 65.6 Å². The van der Waals surface area contributed by atoms with Gasteiger partial charge in [-0.25, -0.2) is 4.79 Å². The highest BCUT2D eigenvalue weighted by Gasteiger charge is 2.26. The van der Waals surface area contributed by atoms with Crippen molar-refractivity contribution in [3.8, 4) is 12.3 Å². The van der Waals surface area contributed by atoms with E-state index in [1.54, 1.807) is 48.8 Å². The van der Waals surface area contributed by atoms with Gasteiger partial charge >= 0.3 is 5.97 Å². The van der Waals surface area contributed by atoms with Crippen LogP contribution in [0.5, 0.6) is 0 Å². The molecule has 0 bridgehead atoms. The van der Waals surface area contributed by atoms with Crippen LogP contribution in [-0.2, 0) is 13.1 Å². The second-order valence-electron chi connectivity index (χ2n) is 5.37. The molecule has 0 aliphatic rings. The summed E-state index contributed by atoms with van der Waals surface area (Å²) in [5.41, 5.74) is 1.50. The Morgan fingerprint density at radius 1 is 1.20 bits per heavy atom. The molecule has 3 aromatic rings. The summed E-state index contributed by atoms with van der Waals surface area (Å²) >= 11 is 0. The van der Waals surface area contributed by atoms with Crippen LogP contribution in [0.4, 0.5) is 0 Å². The molecule has 0 unspecified atom stereocenters. The number of benzene rings is 1. The van der Waals surface area contributed by atoms with Crippen LogP contribution in [0.25, 0.3) is 10.9 Å². The number of nitrogens with zero attached hydrogens (tertiary/aromatic N) is 2. The third kappa shape index (κ3) is 3.08. The van der Waals surface area contributed by atoms with E-state index in [0.717, 1.165) is 5.56 Å². The maximum absolute atomic E-state index is 12.7. The molecule has 0 atom stereocenters. The van der Waals surface area contributed by atoms with E-state index in [1.807, 2.05) is 0 Å². The quantitative estimate of drug-likeness (QED) is 0.702. The van der Waals surface area contributed by atoms with Gasteiger partial charge in [-0.15, -0.1) is 6.42 Å². The maximum Gasteiger partial charge on any atom is 0.353 e. The largest absolute Gasteiger partial charge is 0.477 e. The maximum atomic E-state index is 12.7. The number of carboxylic acids is 1. The molecular formula is C19H15N3O3. The summed E-state index contributed by atoms with van der Waals surface area (Å²) in [5, 5.41) is 13.0. The van der Waals surface area contributed by atoms with Crippen LogP contribution in [0.1, 0.15) is 26.4 Å². The number of carbonyl (C=O) groups is 2. The van der Waals surface area contributed by atoms with Gasteiger partial charge in [-0.1, -0.05) is 24.1 Å². The van der Waals surface area contributed by atoms with Crippen LogP contribution in [0, 0.1) is 12.3 Å². The number of nitrogens with one attached hydrogen (secondary N) is 1. The Labute approximate surface area is 144 Å². The summed E-state index contributed by atoms with van der Waals surface area (Å²) in [4.78, 5) is 28.4. The fourth-order valence-electron chi connectivity index (χ4n) is 2.78. The number of terminal acetylenes is 1. The van der Waals surface area contributed by atoms with Gasteiger partial charge in [0.15, 0.2) is 0 Å². The van der Waals surface area contributed by atoms with Crippen molar-refractivity contribution in [2.24, 2.45) is 0 Å². The Hall–Kier alpha value is -3.59. The van der Waals surface area contributed by atoms with E-state index in [2.05, 4.69) is 16.2 Å². The van der Waals surface area contributed by atoms with E-state index in [-0.39, 0.29) is 24.3 Å². The fourth-order valence-corrected chi connectivity index (χ4v) is 2.78. The van der Waals surface area contributed by atoms with Gasteiger partial charge in [0.05, 0.1) is 17.6 Å². The van der Waals surface area contributed by atoms with Crippen LogP contribution in [-0.4, -0.2) is 26.5 Å². The number of aromatic carboxylic acids is 1. The van der Waals surface area contributed by atoms with Crippen molar-refractivity contribution in [1.82, 2.24) is 14.9 Å². The number of hydrogen-bond acceptors (Lipinski definition) is 3. The minimum absolute atomic E-state index is 0.0692. The molecule has 0 saturated heterocycles. The fraction of sp³-hybridized carbons (Fsp3) is 0.105. The summed E-state index contributed by atoms with van der Waals surface area (Å²) < 4.78 is 1.47. The third-order valence-corrected chi connectivity index (χ3v) is 3.85. The molecule has 2 N–H and O–H groups in total. The summed E-state index contributed by atoms with van der Waals surface area (Å²) in [5.74, 6) is 0.791. The minimum Gasteiger partial charge on any atom is -0.477 e. The molecule has 0 fully saturated rings. The number of rotatable bonds is 5. The second kappa shape index (κ2) is 6.89. The lowest BCUT2D eigenvalue weighted by atomic mass is 10.1. The zero-order chi connectivity index (χ0) is 17.8. The van der Waals surface area contributed by atoms with Crippen molar-refractivity contribution < 1.29 is 14.7 Å². The summed E-state index contributed by atoms with van der Waals surface area (Å²) in [6, 6.07) is 10.6. The Morgan fingerprint density at radius 2 is 1.92 bits per heavy atom. The van der Waals surface area contributed by atoms with Crippen LogP contribution in [0.3, 0.4) is 0 Å². The van der Waals surface area contributed by atoms with Crippen LogP contribution >= 0.6 is 0 Å². The molecule has 25 heavy (non-hydrogen) atoms. The van der Waals surface area contributed by atoms with Gasteiger partial charge < -0.3 is 15.0 Å². The molecule has 0 aliphatic carbocycles.